The molecule has 6 fully saturated rings. The van der Waals surface area contributed by atoms with Crippen molar-refractivity contribution < 1.29 is 0 Å². The number of nitrogens with zero attached hydrogens (tertiary/aromatic N) is 10. The molecule has 6 aliphatic rings. The van der Waals surface area contributed by atoms with E-state index in [9.17, 15) is 0 Å². The minimum absolute atomic E-state index is 0.712. The molecule has 0 spiro atoms. The first-order chi connectivity index (χ1) is 67.3. The zero-order valence-corrected chi connectivity index (χ0v) is 76.0. The van der Waals surface area contributed by atoms with Crippen molar-refractivity contribution in [1.29, 1.82) is 0 Å². The van der Waals surface area contributed by atoms with Crippen molar-refractivity contribution in [2.75, 3.05) is 14.7 Å². The molecule has 7 aromatic heterocycles. The average Bonchev–Trinajstić information content (AvgIpc) is 0.785. The fourth-order valence-corrected chi connectivity index (χ4v) is 24.4. The largest absolute Gasteiger partial charge is 0.309 e. The lowest BCUT2D eigenvalue weighted by Gasteiger charge is -2.27. The minimum Gasteiger partial charge on any atom is -0.309 e. The first kappa shape index (κ1) is 82.3. The van der Waals surface area contributed by atoms with Gasteiger partial charge in [0.15, 0.2) is 0 Å². The molecule has 9 unspecified atom stereocenters. The second-order valence-electron chi connectivity index (χ2n) is 38.7. The molecule has 656 valence electrons. The predicted molar refractivity (Wildman–Crippen MR) is 561 cm³/mol. The molecule has 9 atom stereocenters. The third-order valence-corrected chi connectivity index (χ3v) is 31.0. The van der Waals surface area contributed by atoms with E-state index in [-0.39, 0.29) is 0 Å². The minimum atomic E-state index is 0.712. The number of aromatic nitrogens is 7. The third kappa shape index (κ3) is 15.8. The van der Waals surface area contributed by atoms with Crippen molar-refractivity contribution in [3.8, 4) is 67.2 Å². The number of para-hydroxylation sites is 1. The number of pyridine rings is 7. The summed E-state index contributed by atoms with van der Waals surface area (Å²) in [6, 6.07) is 134. The average molecular weight is 1760 g/mol. The van der Waals surface area contributed by atoms with Gasteiger partial charge < -0.3 is 14.7 Å². The molecule has 10 heteroatoms. The zero-order chi connectivity index (χ0) is 89.9. The molecule has 10 nitrogen and oxygen atoms in total. The third-order valence-electron chi connectivity index (χ3n) is 31.0. The maximum atomic E-state index is 4.93. The van der Waals surface area contributed by atoms with Gasteiger partial charge in [-0.25, -0.2) is 0 Å². The van der Waals surface area contributed by atoms with Crippen LogP contribution in [-0.4, -0.2) is 34.9 Å². The summed E-state index contributed by atoms with van der Waals surface area (Å²) in [6.45, 7) is 0. The Morgan fingerprint density at radius 3 is 1.07 bits per heavy atom. The highest BCUT2D eigenvalue weighted by molar-refractivity contribution is 6.26. The summed E-state index contributed by atoms with van der Waals surface area (Å²) in [5, 5.41) is 11.3. The van der Waals surface area contributed by atoms with E-state index in [0.717, 1.165) is 171 Å². The maximum Gasteiger partial charge on any atom is 0.0970 e. The molecule has 0 saturated heterocycles. The van der Waals surface area contributed by atoms with Gasteiger partial charge in [0.05, 0.1) is 69.3 Å². The highest BCUT2D eigenvalue weighted by Gasteiger charge is 2.43. The fraction of sp³-hybridized carbons (Fsp3) is 0.167. The van der Waals surface area contributed by atoms with Crippen LogP contribution in [0.3, 0.4) is 0 Å². The number of anilines is 9. The van der Waals surface area contributed by atoms with Crippen molar-refractivity contribution in [2.24, 2.45) is 35.5 Å². The topological polar surface area (TPSA) is 100.0 Å². The van der Waals surface area contributed by atoms with E-state index >= 15 is 0 Å². The summed E-state index contributed by atoms with van der Waals surface area (Å²) >= 11 is 0. The Morgan fingerprint density at radius 2 is 0.603 bits per heavy atom. The van der Waals surface area contributed by atoms with Crippen molar-refractivity contribution >= 4 is 116 Å². The van der Waals surface area contributed by atoms with Crippen LogP contribution in [0.5, 0.6) is 0 Å². The van der Waals surface area contributed by atoms with Crippen molar-refractivity contribution in [3.63, 3.8) is 0 Å². The van der Waals surface area contributed by atoms with Crippen LogP contribution < -0.4 is 14.7 Å². The Labute approximate surface area is 794 Å². The molecule has 6 bridgehead atoms. The maximum absolute atomic E-state index is 4.93. The summed E-state index contributed by atoms with van der Waals surface area (Å²) in [6.07, 6.45) is 32.1. The summed E-state index contributed by atoms with van der Waals surface area (Å²) in [4.78, 5) is 39.8. The zero-order valence-electron chi connectivity index (χ0n) is 76.0. The highest BCUT2D eigenvalue weighted by Crippen LogP contribution is 2.57. The molecule has 7 heterocycles. The van der Waals surface area contributed by atoms with Crippen molar-refractivity contribution in [2.45, 2.75) is 94.8 Å². The highest BCUT2D eigenvalue weighted by atomic mass is 15.2. The van der Waals surface area contributed by atoms with Crippen LogP contribution in [0.2, 0.25) is 0 Å². The molecule has 0 radical (unpaired) electrons. The van der Waals surface area contributed by atoms with Crippen molar-refractivity contribution in [1.82, 2.24) is 34.9 Å². The van der Waals surface area contributed by atoms with Crippen LogP contribution in [0.1, 0.15) is 111 Å². The number of hydrogen-bond acceptors (Lipinski definition) is 10. The van der Waals surface area contributed by atoms with E-state index in [1.807, 2.05) is 79.8 Å². The summed E-state index contributed by atoms with van der Waals surface area (Å²) in [7, 11) is 0. The van der Waals surface area contributed by atoms with Gasteiger partial charge in [-0.1, -0.05) is 238 Å². The smallest absolute Gasteiger partial charge is 0.0970 e. The summed E-state index contributed by atoms with van der Waals surface area (Å²) in [5.74, 6) is 7.60. The lowest BCUT2D eigenvalue weighted by Crippen LogP contribution is -2.12. The fourth-order valence-electron chi connectivity index (χ4n) is 24.4. The Bertz CT molecular complexity index is 7860. The Kier molecular flexibility index (Phi) is 21.6. The predicted octanol–water partition coefficient (Wildman–Crippen LogP) is 33.3. The van der Waals surface area contributed by atoms with Crippen LogP contribution >= 0.6 is 0 Å². The van der Waals surface area contributed by atoms with Crippen LogP contribution in [0.25, 0.3) is 132 Å². The lowest BCUT2D eigenvalue weighted by molar-refractivity contribution is 0.420. The second kappa shape index (κ2) is 35.7. The van der Waals surface area contributed by atoms with Gasteiger partial charge in [-0.05, 0) is 345 Å². The molecule has 136 heavy (non-hydrogen) atoms. The first-order valence-corrected chi connectivity index (χ1v) is 48.9. The van der Waals surface area contributed by atoms with Crippen LogP contribution in [0.15, 0.2) is 420 Å². The molecule has 14 aromatic carbocycles. The molecular weight excluding hydrogens is 1650 g/mol. The van der Waals surface area contributed by atoms with Crippen LogP contribution in [0, 0.1) is 35.5 Å². The van der Waals surface area contributed by atoms with Gasteiger partial charge in [0.2, 0.25) is 0 Å². The quantitative estimate of drug-likeness (QED) is 0.0772. The molecule has 0 N–H and O–H groups in total. The van der Waals surface area contributed by atoms with E-state index in [1.165, 1.54) is 154 Å². The molecule has 27 rings (SSSR count). The van der Waals surface area contributed by atoms with E-state index in [4.69, 9.17) is 19.9 Å². The van der Waals surface area contributed by atoms with Gasteiger partial charge in [0.25, 0.3) is 0 Å². The Balaban J connectivity index is 0.000000109. The summed E-state index contributed by atoms with van der Waals surface area (Å²) < 4.78 is 0. The van der Waals surface area contributed by atoms with Gasteiger partial charge >= 0.3 is 0 Å². The van der Waals surface area contributed by atoms with Gasteiger partial charge in [-0.2, -0.15) is 0 Å². The molecule has 21 aromatic rings. The van der Waals surface area contributed by atoms with E-state index < -0.39 is 0 Å². The van der Waals surface area contributed by atoms with E-state index in [1.54, 1.807) is 6.20 Å². The molecule has 0 amide bonds. The van der Waals surface area contributed by atoms with E-state index in [0.29, 0.717) is 5.92 Å². The Hall–Kier alpha value is -15.7. The SMILES string of the molecule is c1ccc(-c2ccc(N(c3ccc(-c4cc5cccc6ccc7cccc4c7c65)cc3)c3ccc(C4CC5CCC4C5)cc3)cn2)cc1.c1ccc(-c2ccc(N(c3ccc(-c4ccnc5ccccc45)cc3)c3ccc(C4CC5CCC4C5)cc3)cn2)cc1.c1cncc(-c2ccc(N(c3ccc(-c4ccnc5c4ccc4cccnc45)cc3)c3ccc(C4CC5CCC4C5)cc3)cn2)c1. The van der Waals surface area contributed by atoms with Crippen LogP contribution in [-0.2, 0) is 0 Å². The Morgan fingerprint density at radius 1 is 0.213 bits per heavy atom. The molecule has 6 saturated carbocycles. The standard InChI is InChI=1S/C46H36N2.C41H33N5.C39H33N3/c1-2-6-33(7-3-1)44-25-24-40(29-47-44)48(38-20-16-31(17-21-38)42-27-30-12-13-36(42)26-30)39-22-18-32(19-23-39)43-28-37-10-4-8-34-14-15-35-9-5-11-41(43)46(35)45(34)37;1-4-32(25-42-20-1)39-18-16-35(26-45-39)46(34-14-9-29(10-15-34)38-24-27-5-6-31(38)23-27)33-12-7-28(8-13-33)36-19-22-44-41-37(36)17-11-30-3-2-21-43-40(30)41;1-2-6-30(7-3-1)38-21-20-34(26-41-38)42(33-18-14-29(15-19-33)37-25-27-10-11-31(37)24-27)32-16-12-28(13-17-32)35-22-23-40-39-9-5-4-8-36(35)39/h1-11,14-25,28-30,36,42H,12-13,26-27H2;1-4,7-22,25-27,31,38H,5-6,23-24H2;1-9,12-23,26-27,31,37H,10-11,24-25H2. The van der Waals surface area contributed by atoms with Crippen molar-refractivity contribution in [3.05, 3.63) is 436 Å². The molecular formula is C126H102N10. The number of fused-ring (bicyclic) bond motifs is 10. The van der Waals surface area contributed by atoms with Gasteiger partial charge in [-0.15, -0.1) is 0 Å². The summed E-state index contributed by atoms with van der Waals surface area (Å²) in [5.41, 5.74) is 30.5. The first-order valence-electron chi connectivity index (χ1n) is 48.9. The lowest BCUT2D eigenvalue weighted by atomic mass is 9.83. The second-order valence-corrected chi connectivity index (χ2v) is 38.7. The number of benzene rings is 14. The monoisotopic (exact) mass is 1750 g/mol. The van der Waals surface area contributed by atoms with E-state index in [2.05, 4.69) is 363 Å². The van der Waals surface area contributed by atoms with Gasteiger partial charge in [0, 0.05) is 98.0 Å². The number of hydrogen-bond donors (Lipinski definition) is 0. The normalized spacial score (nSPS) is 18.9. The molecule has 0 aliphatic heterocycles. The van der Waals surface area contributed by atoms with Crippen LogP contribution in [0.4, 0.5) is 51.2 Å². The number of rotatable bonds is 18. The molecule has 6 aliphatic carbocycles. The van der Waals surface area contributed by atoms with Gasteiger partial charge in [0.1, 0.15) is 0 Å². The van der Waals surface area contributed by atoms with Gasteiger partial charge in [-0.3, -0.25) is 34.9 Å².